The van der Waals surface area contributed by atoms with Gasteiger partial charge in [0.05, 0.1) is 55.2 Å². The molecule has 0 aliphatic heterocycles. The molecule has 0 N–H and O–H groups in total. The van der Waals surface area contributed by atoms with Crippen LogP contribution < -0.4 is 0 Å². The summed E-state index contributed by atoms with van der Waals surface area (Å²) >= 11 is 0. The third-order valence-electron chi connectivity index (χ3n) is 21.7. The molecular weight excluding hydrogens is 1270 g/mol. The molecule has 0 saturated carbocycles. The van der Waals surface area contributed by atoms with Gasteiger partial charge in [-0.05, 0) is 193 Å². The van der Waals surface area contributed by atoms with Crippen molar-refractivity contribution in [2.24, 2.45) is 7.05 Å². The summed E-state index contributed by atoms with van der Waals surface area (Å²) in [5, 5.41) is 15.4. The molecule has 0 bridgehead atoms. The molecule has 16 aromatic carbocycles. The minimum Gasteiger partial charge on any atom is -0.344 e. The first kappa shape index (κ1) is 61.2. The molecule has 0 atom stereocenters. The highest BCUT2D eigenvalue weighted by Gasteiger charge is 2.21. The van der Waals surface area contributed by atoms with Crippen molar-refractivity contribution in [2.45, 2.75) is 13.8 Å². The number of hydrogen-bond acceptors (Lipinski definition) is 0. The predicted molar refractivity (Wildman–Crippen MR) is 445 cm³/mol. The lowest BCUT2D eigenvalue weighted by Gasteiger charge is -2.11. The van der Waals surface area contributed by atoms with Crippen molar-refractivity contribution in [3.63, 3.8) is 0 Å². The molecule has 6 aromatic heterocycles. The van der Waals surface area contributed by atoms with Crippen molar-refractivity contribution in [3.8, 4) is 50.7 Å². The van der Waals surface area contributed by atoms with Gasteiger partial charge in [0.25, 0.3) is 0 Å². The lowest BCUT2D eigenvalue weighted by molar-refractivity contribution is 1.01. The zero-order chi connectivity index (χ0) is 69.8. The van der Waals surface area contributed by atoms with Gasteiger partial charge in [-0.3, -0.25) is 0 Å². The second-order valence-electron chi connectivity index (χ2n) is 27.8. The quantitative estimate of drug-likeness (QED) is 0.152. The van der Waals surface area contributed by atoms with Crippen molar-refractivity contribution in [1.29, 1.82) is 0 Å². The van der Waals surface area contributed by atoms with Gasteiger partial charge < -0.3 is 27.4 Å². The van der Waals surface area contributed by atoms with Crippen LogP contribution in [0.1, 0.15) is 11.1 Å². The Balaban J connectivity index is 0.000000105. The Kier molecular flexibility index (Phi) is 14.5. The Hall–Kier alpha value is -13.7. The van der Waals surface area contributed by atoms with E-state index in [9.17, 15) is 0 Å². The zero-order valence-electron chi connectivity index (χ0n) is 58.4. The normalized spacial score (nSPS) is 11.8. The molecule has 0 radical (unpaired) electrons. The highest BCUT2D eigenvalue weighted by molar-refractivity contribution is 6.16. The highest BCUT2D eigenvalue weighted by atomic mass is 15.0. The minimum atomic E-state index is 1.18. The van der Waals surface area contributed by atoms with Gasteiger partial charge in [-0.15, -0.1) is 0 Å². The molecule has 0 amide bonds. The van der Waals surface area contributed by atoms with Crippen LogP contribution in [-0.4, -0.2) is 27.4 Å². The predicted octanol–water partition coefficient (Wildman–Crippen LogP) is 26.1. The second kappa shape index (κ2) is 24.8. The Morgan fingerprint density at radius 1 is 0.152 bits per heavy atom. The fourth-order valence-corrected chi connectivity index (χ4v) is 16.8. The van der Waals surface area contributed by atoms with Crippen LogP contribution in [0.2, 0.25) is 0 Å². The van der Waals surface area contributed by atoms with Crippen LogP contribution in [0.15, 0.2) is 370 Å². The summed E-state index contributed by atoms with van der Waals surface area (Å²) in [6.45, 7) is 4.29. The molecule has 6 nitrogen and oxygen atoms in total. The number of aryl methyl sites for hydroxylation is 3. The summed E-state index contributed by atoms with van der Waals surface area (Å²) in [5.74, 6) is 0. The van der Waals surface area contributed by atoms with Crippen LogP contribution in [0.3, 0.4) is 0 Å². The van der Waals surface area contributed by atoms with Crippen molar-refractivity contribution in [3.05, 3.63) is 381 Å². The van der Waals surface area contributed by atoms with Crippen molar-refractivity contribution in [2.75, 3.05) is 0 Å². The van der Waals surface area contributed by atoms with E-state index in [-0.39, 0.29) is 0 Å². The summed E-state index contributed by atoms with van der Waals surface area (Å²) in [5.41, 5.74) is 28.3. The average Bonchev–Trinajstić information content (AvgIpc) is 1.60. The highest BCUT2D eigenvalue weighted by Crippen LogP contribution is 2.42. The van der Waals surface area contributed by atoms with Crippen molar-refractivity contribution >= 4 is 131 Å². The van der Waals surface area contributed by atoms with Gasteiger partial charge in [0.2, 0.25) is 0 Å². The summed E-state index contributed by atoms with van der Waals surface area (Å²) in [6, 6.07) is 134. The molecule has 22 rings (SSSR count). The lowest BCUT2D eigenvalue weighted by Crippen LogP contribution is -1.97. The fraction of sp³-hybridized carbons (Fsp3) is 0.0303. The van der Waals surface area contributed by atoms with Crippen LogP contribution in [0.5, 0.6) is 0 Å². The number of hydrogen-bond donors (Lipinski definition) is 0. The molecule has 0 aliphatic rings. The van der Waals surface area contributed by atoms with Gasteiger partial charge >= 0.3 is 0 Å². The molecule has 0 fully saturated rings. The van der Waals surface area contributed by atoms with Crippen LogP contribution in [0.25, 0.3) is 182 Å². The van der Waals surface area contributed by atoms with E-state index in [1.165, 1.54) is 193 Å². The second-order valence-corrected chi connectivity index (χ2v) is 27.8. The van der Waals surface area contributed by atoms with E-state index in [0.717, 1.165) is 0 Å². The van der Waals surface area contributed by atoms with E-state index in [2.05, 4.69) is 418 Å². The van der Waals surface area contributed by atoms with E-state index in [1.807, 2.05) is 0 Å². The van der Waals surface area contributed by atoms with Gasteiger partial charge in [0.15, 0.2) is 0 Å². The third kappa shape index (κ3) is 10.1. The molecule has 0 unspecified atom stereocenters. The maximum absolute atomic E-state index is 2.39. The maximum Gasteiger partial charge on any atom is 0.0561 e. The number of fused-ring (bicyclic) bond motifs is 18. The molecule has 22 aromatic rings. The number of aromatic nitrogens is 6. The fourth-order valence-electron chi connectivity index (χ4n) is 16.8. The topological polar surface area (TPSA) is 29.6 Å². The first-order valence-electron chi connectivity index (χ1n) is 36.2. The molecule has 0 spiro atoms. The van der Waals surface area contributed by atoms with Crippen molar-refractivity contribution in [1.82, 2.24) is 27.4 Å². The SMILES string of the molecule is Cc1ccc(-n2c3ccccc3c3ccc(-n4c5ccccc5c5ccccc54)cc32)cc1.Cc1cccc(-n2c3ccccc3c3cc(-c4ccc5c(c4)c4ccccc4n5-c4ccccc4)ccc32)c1.Cn1c2ccccc2c2cc(-c3ccc4c(c3)c3ccccc3n4-c3ccccc3)ccc21. The molecule has 105 heavy (non-hydrogen) atoms. The van der Waals surface area contributed by atoms with E-state index >= 15 is 0 Å². The minimum absolute atomic E-state index is 1.18. The van der Waals surface area contributed by atoms with Gasteiger partial charge in [-0.2, -0.15) is 0 Å². The number of rotatable bonds is 7. The maximum atomic E-state index is 2.39. The summed E-state index contributed by atoms with van der Waals surface area (Å²) in [6.07, 6.45) is 0. The van der Waals surface area contributed by atoms with Gasteiger partial charge in [0.1, 0.15) is 0 Å². The monoisotopic (exact) mass is 1340 g/mol. The molecule has 6 heterocycles. The van der Waals surface area contributed by atoms with Crippen molar-refractivity contribution < 1.29 is 0 Å². The molecule has 0 saturated heterocycles. The zero-order valence-corrected chi connectivity index (χ0v) is 58.4. The van der Waals surface area contributed by atoms with E-state index in [4.69, 9.17) is 0 Å². The number of para-hydroxylation sites is 9. The number of benzene rings is 16. The molecular formula is C99H70N6. The lowest BCUT2D eigenvalue weighted by atomic mass is 10.0. The molecule has 496 valence electrons. The molecule has 0 aliphatic carbocycles. The summed E-state index contributed by atoms with van der Waals surface area (Å²) < 4.78 is 14.2. The van der Waals surface area contributed by atoms with Crippen LogP contribution in [0, 0.1) is 13.8 Å². The van der Waals surface area contributed by atoms with Crippen LogP contribution in [0.4, 0.5) is 0 Å². The van der Waals surface area contributed by atoms with E-state index in [1.54, 1.807) is 0 Å². The van der Waals surface area contributed by atoms with Crippen LogP contribution in [-0.2, 0) is 7.05 Å². The largest absolute Gasteiger partial charge is 0.344 e. The summed E-state index contributed by atoms with van der Waals surface area (Å²) in [4.78, 5) is 0. The first-order chi connectivity index (χ1) is 51.8. The van der Waals surface area contributed by atoms with E-state index in [0.29, 0.717) is 0 Å². The third-order valence-corrected chi connectivity index (χ3v) is 21.7. The van der Waals surface area contributed by atoms with E-state index < -0.39 is 0 Å². The van der Waals surface area contributed by atoms with Gasteiger partial charge in [0, 0.05) is 111 Å². The average molecular weight is 1340 g/mol. The Bertz CT molecular complexity index is 7120. The Morgan fingerprint density at radius 3 is 0.810 bits per heavy atom. The summed E-state index contributed by atoms with van der Waals surface area (Å²) in [7, 11) is 2.15. The van der Waals surface area contributed by atoms with Gasteiger partial charge in [-0.25, -0.2) is 0 Å². The van der Waals surface area contributed by atoms with Crippen LogP contribution >= 0.6 is 0 Å². The standard InChI is InChI=1S/C37H26N2.2C31H22N2/c1-25-10-9-13-29(22-25)39-35-17-8-6-15-31(35)33-24-27(19-21-37(33)39)26-18-20-36-32(23-26)30-14-5-7-16-34(30)38(36)28-11-3-2-4-12-28;1-21-14-16-22(17-15-21)32-28-11-5-4-10-26(28)27-19-18-23(20-31(27)32)33-29-12-6-2-8-24(29)25-9-3-7-13-30(25)33;1-32-28-13-7-5-11-24(28)26-19-21(15-17-29(26)32)22-16-18-31-27(20-22)25-12-6-8-14-30(25)33(31)23-9-3-2-4-10-23/h2-24H,1H3;2*2-20H,1H3. The Labute approximate surface area is 607 Å². The Morgan fingerprint density at radius 2 is 0.410 bits per heavy atom. The first-order valence-corrected chi connectivity index (χ1v) is 36.2. The smallest absolute Gasteiger partial charge is 0.0561 e. The number of nitrogens with zero attached hydrogens (tertiary/aromatic N) is 6. The molecule has 6 heteroatoms. The van der Waals surface area contributed by atoms with Gasteiger partial charge in [-0.1, -0.05) is 224 Å².